The number of rotatable bonds is 7. The van der Waals surface area contributed by atoms with Crippen LogP contribution in [0.2, 0.25) is 0 Å². The minimum atomic E-state index is -0.457. The number of likely N-dealkylation sites (tertiary alicyclic amines) is 1. The Bertz CT molecular complexity index is 1000. The molecule has 1 saturated heterocycles. The molecular formula is C26H29FN2O3. The molecule has 2 aliphatic carbocycles. The molecule has 0 bridgehead atoms. The Labute approximate surface area is 187 Å². The van der Waals surface area contributed by atoms with E-state index in [1.807, 2.05) is 36.4 Å². The van der Waals surface area contributed by atoms with E-state index >= 15 is 0 Å². The van der Waals surface area contributed by atoms with E-state index in [1.54, 1.807) is 12.1 Å². The predicted molar refractivity (Wildman–Crippen MR) is 119 cm³/mol. The molecular weight excluding hydrogens is 407 g/mol. The first kappa shape index (κ1) is 21.1. The monoisotopic (exact) mass is 436 g/mol. The SMILES string of the molecule is COC(=O)c1ccc(C2(NC(=O)C3C[C@@H]4C[C@@H]4CN3Cc3ccc(CF)cc3)CC2)cc1. The van der Waals surface area contributed by atoms with Crippen molar-refractivity contribution in [2.24, 2.45) is 11.8 Å². The van der Waals surface area contributed by atoms with Crippen molar-refractivity contribution in [3.8, 4) is 0 Å². The molecule has 3 aliphatic rings. The smallest absolute Gasteiger partial charge is 0.337 e. The van der Waals surface area contributed by atoms with Gasteiger partial charge < -0.3 is 10.1 Å². The highest BCUT2D eigenvalue weighted by Gasteiger charge is 2.51. The van der Waals surface area contributed by atoms with Crippen LogP contribution in [0.15, 0.2) is 48.5 Å². The van der Waals surface area contributed by atoms with Gasteiger partial charge >= 0.3 is 5.97 Å². The molecule has 1 amide bonds. The number of halogens is 1. The van der Waals surface area contributed by atoms with Crippen LogP contribution in [0, 0.1) is 11.8 Å². The number of hydrogen-bond acceptors (Lipinski definition) is 4. The van der Waals surface area contributed by atoms with E-state index in [4.69, 9.17) is 4.74 Å². The standard InChI is InChI=1S/C26H29FN2O3/c1-32-25(31)19-6-8-22(9-7-19)26(10-11-26)28-24(30)23-13-20-12-21(20)16-29(23)15-18-4-2-17(14-27)3-5-18/h2-9,20-21,23H,10-16H2,1H3,(H,28,30)/t20-,21+,23?/m0/s1. The number of nitrogens with one attached hydrogen (secondary N) is 1. The first-order chi connectivity index (χ1) is 15.5. The molecule has 2 aromatic carbocycles. The fourth-order valence-electron chi connectivity index (χ4n) is 5.08. The van der Waals surface area contributed by atoms with Gasteiger partial charge in [0.2, 0.25) is 5.91 Å². The predicted octanol–water partition coefficient (Wildman–Crippen LogP) is 3.96. The van der Waals surface area contributed by atoms with Crippen molar-refractivity contribution < 1.29 is 18.7 Å². The number of carbonyl (C=O) groups excluding carboxylic acids is 2. The van der Waals surface area contributed by atoms with Crippen molar-refractivity contribution in [2.45, 2.75) is 50.5 Å². The largest absolute Gasteiger partial charge is 0.465 e. The van der Waals surface area contributed by atoms with Crippen molar-refractivity contribution in [2.75, 3.05) is 13.7 Å². The van der Waals surface area contributed by atoms with Crippen LogP contribution in [0.4, 0.5) is 4.39 Å². The summed E-state index contributed by atoms with van der Waals surface area (Å²) in [6.45, 7) is 1.19. The van der Waals surface area contributed by atoms with Crippen molar-refractivity contribution in [1.29, 1.82) is 0 Å². The molecule has 1 unspecified atom stereocenters. The molecule has 1 aliphatic heterocycles. The number of benzene rings is 2. The van der Waals surface area contributed by atoms with Crippen LogP contribution in [0.1, 0.15) is 52.7 Å². The summed E-state index contributed by atoms with van der Waals surface area (Å²) in [7, 11) is 1.37. The highest BCUT2D eigenvalue weighted by molar-refractivity contribution is 5.89. The van der Waals surface area contributed by atoms with Crippen LogP contribution in [0.25, 0.3) is 0 Å². The van der Waals surface area contributed by atoms with Gasteiger partial charge in [-0.25, -0.2) is 9.18 Å². The minimum absolute atomic E-state index is 0.0882. The summed E-state index contributed by atoms with van der Waals surface area (Å²) in [5.74, 6) is 1.09. The van der Waals surface area contributed by atoms with Crippen molar-refractivity contribution in [3.63, 3.8) is 0 Å². The summed E-state index contributed by atoms with van der Waals surface area (Å²) in [6.07, 6.45) is 3.91. The van der Waals surface area contributed by atoms with E-state index in [0.29, 0.717) is 29.5 Å². The Morgan fingerprint density at radius 1 is 1.03 bits per heavy atom. The first-order valence-corrected chi connectivity index (χ1v) is 11.4. The third kappa shape index (κ3) is 4.16. The maximum absolute atomic E-state index is 13.4. The Morgan fingerprint density at radius 2 is 1.72 bits per heavy atom. The zero-order valence-corrected chi connectivity index (χ0v) is 18.4. The van der Waals surface area contributed by atoms with E-state index in [1.165, 1.54) is 13.5 Å². The van der Waals surface area contributed by atoms with Gasteiger partial charge in [0.1, 0.15) is 6.67 Å². The normalized spacial score (nSPS) is 25.5. The van der Waals surface area contributed by atoms with Crippen LogP contribution in [0.5, 0.6) is 0 Å². The van der Waals surface area contributed by atoms with Crippen LogP contribution in [0.3, 0.4) is 0 Å². The van der Waals surface area contributed by atoms with Gasteiger partial charge in [0.25, 0.3) is 0 Å². The molecule has 1 N–H and O–H groups in total. The molecule has 2 aromatic rings. The van der Waals surface area contributed by atoms with E-state index in [9.17, 15) is 14.0 Å². The summed E-state index contributed by atoms with van der Waals surface area (Å²) in [6, 6.07) is 14.8. The first-order valence-electron chi connectivity index (χ1n) is 11.4. The number of alkyl halides is 1. The lowest BCUT2D eigenvalue weighted by molar-refractivity contribution is -0.129. The van der Waals surface area contributed by atoms with Gasteiger partial charge in [0.15, 0.2) is 0 Å². The van der Waals surface area contributed by atoms with E-state index in [-0.39, 0.29) is 23.5 Å². The third-order valence-electron chi connectivity index (χ3n) is 7.34. The lowest BCUT2D eigenvalue weighted by Crippen LogP contribution is -2.52. The zero-order chi connectivity index (χ0) is 22.3. The number of amides is 1. The van der Waals surface area contributed by atoms with Crippen LogP contribution in [-0.4, -0.2) is 36.5 Å². The number of fused-ring (bicyclic) bond motifs is 1. The lowest BCUT2D eigenvalue weighted by Gasteiger charge is -2.35. The summed E-state index contributed by atoms with van der Waals surface area (Å²) < 4.78 is 17.6. The molecule has 3 fully saturated rings. The Hall–Kier alpha value is -2.73. The second kappa shape index (κ2) is 8.32. The molecule has 3 atom stereocenters. The molecule has 0 spiro atoms. The number of nitrogens with zero attached hydrogens (tertiary/aromatic N) is 1. The molecule has 5 rings (SSSR count). The van der Waals surface area contributed by atoms with E-state index in [2.05, 4.69) is 10.2 Å². The number of esters is 1. The average molecular weight is 437 g/mol. The van der Waals surface area contributed by atoms with Gasteiger partial charge in [0, 0.05) is 13.1 Å². The third-order valence-corrected chi connectivity index (χ3v) is 7.34. The molecule has 5 nitrogen and oxygen atoms in total. The molecule has 168 valence electrons. The summed E-state index contributed by atoms with van der Waals surface area (Å²) in [5.41, 5.74) is 3.00. The molecule has 2 saturated carbocycles. The van der Waals surface area contributed by atoms with Gasteiger partial charge in [-0.2, -0.15) is 0 Å². The van der Waals surface area contributed by atoms with Gasteiger partial charge in [-0.1, -0.05) is 36.4 Å². The van der Waals surface area contributed by atoms with Crippen molar-refractivity contribution in [3.05, 3.63) is 70.8 Å². The van der Waals surface area contributed by atoms with Crippen molar-refractivity contribution in [1.82, 2.24) is 10.2 Å². The van der Waals surface area contributed by atoms with Crippen LogP contribution < -0.4 is 5.32 Å². The Balaban J connectivity index is 1.29. The van der Waals surface area contributed by atoms with Crippen LogP contribution >= 0.6 is 0 Å². The number of methoxy groups -OCH3 is 1. The molecule has 0 aromatic heterocycles. The molecule has 1 heterocycles. The fourth-order valence-corrected chi connectivity index (χ4v) is 5.08. The van der Waals surface area contributed by atoms with Gasteiger partial charge in [-0.3, -0.25) is 9.69 Å². The maximum atomic E-state index is 13.4. The molecule has 32 heavy (non-hydrogen) atoms. The Kier molecular flexibility index (Phi) is 5.49. The summed E-state index contributed by atoms with van der Waals surface area (Å²) in [4.78, 5) is 27.4. The number of hydrogen-bond donors (Lipinski definition) is 1. The summed E-state index contributed by atoms with van der Waals surface area (Å²) >= 11 is 0. The van der Waals surface area contributed by atoms with E-state index < -0.39 is 6.67 Å². The quantitative estimate of drug-likeness (QED) is 0.668. The number of carbonyl (C=O) groups is 2. The molecule has 6 heteroatoms. The fraction of sp³-hybridized carbons (Fsp3) is 0.462. The zero-order valence-electron chi connectivity index (χ0n) is 18.4. The second-order valence-corrected chi connectivity index (χ2v) is 9.53. The van der Waals surface area contributed by atoms with Crippen LogP contribution in [-0.2, 0) is 28.3 Å². The Morgan fingerprint density at radius 3 is 2.34 bits per heavy atom. The van der Waals surface area contributed by atoms with Gasteiger partial charge in [-0.05, 0) is 66.3 Å². The van der Waals surface area contributed by atoms with Gasteiger partial charge in [0.05, 0.1) is 24.3 Å². The summed E-state index contributed by atoms with van der Waals surface area (Å²) in [5, 5.41) is 3.34. The highest BCUT2D eigenvalue weighted by atomic mass is 19.1. The lowest BCUT2D eigenvalue weighted by atomic mass is 9.98. The highest BCUT2D eigenvalue weighted by Crippen LogP contribution is 2.49. The minimum Gasteiger partial charge on any atom is -0.465 e. The van der Waals surface area contributed by atoms with Gasteiger partial charge in [-0.15, -0.1) is 0 Å². The second-order valence-electron chi connectivity index (χ2n) is 9.53. The maximum Gasteiger partial charge on any atom is 0.337 e. The molecule has 0 radical (unpaired) electrons. The number of piperidine rings is 1. The average Bonchev–Trinajstić information content (AvgIpc) is 3.75. The number of ether oxygens (including phenoxy) is 1. The topological polar surface area (TPSA) is 58.6 Å². The van der Waals surface area contributed by atoms with E-state index in [0.717, 1.165) is 36.9 Å². The van der Waals surface area contributed by atoms with Crippen molar-refractivity contribution >= 4 is 11.9 Å².